The van der Waals surface area contributed by atoms with Gasteiger partial charge in [-0.3, -0.25) is 4.98 Å². The highest BCUT2D eigenvalue weighted by molar-refractivity contribution is 5.68. The summed E-state index contributed by atoms with van der Waals surface area (Å²) in [4.78, 5) is 18.3. The van der Waals surface area contributed by atoms with Gasteiger partial charge in [0.05, 0.1) is 24.9 Å². The minimum atomic E-state index is -0.464. The maximum Gasteiger partial charge on any atom is 0.410 e. The predicted molar refractivity (Wildman–Crippen MR) is 84.5 cm³/mol. The van der Waals surface area contributed by atoms with E-state index in [0.717, 1.165) is 31.5 Å². The molecule has 1 aliphatic rings. The number of likely N-dealkylation sites (tertiary alicyclic amines) is 1. The number of amides is 1. The molecule has 0 radical (unpaired) electrons. The number of aromatic nitrogens is 1. The Labute approximate surface area is 132 Å². The summed E-state index contributed by atoms with van der Waals surface area (Å²) in [6.45, 7) is 7.41. The van der Waals surface area contributed by atoms with Gasteiger partial charge in [0, 0.05) is 12.7 Å². The van der Waals surface area contributed by atoms with Crippen LogP contribution < -0.4 is 0 Å². The van der Waals surface area contributed by atoms with E-state index in [2.05, 4.69) is 4.98 Å². The number of pyridine rings is 1. The topological polar surface area (TPSA) is 51.7 Å². The Morgan fingerprint density at radius 3 is 2.86 bits per heavy atom. The first-order valence-corrected chi connectivity index (χ1v) is 7.93. The monoisotopic (exact) mass is 306 g/mol. The van der Waals surface area contributed by atoms with E-state index in [0.29, 0.717) is 13.2 Å². The van der Waals surface area contributed by atoms with Crippen LogP contribution in [0.15, 0.2) is 24.4 Å². The number of piperidine rings is 1. The number of hydrogen-bond donors (Lipinski definition) is 0. The molecular formula is C17H26N2O3. The number of hydrogen-bond acceptors (Lipinski definition) is 4. The second-order valence-corrected chi connectivity index (χ2v) is 6.66. The van der Waals surface area contributed by atoms with Crippen molar-refractivity contribution in [2.75, 3.05) is 13.2 Å². The highest BCUT2D eigenvalue weighted by Gasteiger charge is 2.30. The Kier molecular flexibility index (Phi) is 5.77. The fourth-order valence-corrected chi connectivity index (χ4v) is 2.52. The highest BCUT2D eigenvalue weighted by atomic mass is 16.6. The smallest absolute Gasteiger partial charge is 0.410 e. The number of carbonyl (C=O) groups is 1. The Morgan fingerprint density at radius 2 is 2.18 bits per heavy atom. The van der Waals surface area contributed by atoms with Crippen molar-refractivity contribution in [3.05, 3.63) is 30.1 Å². The average Bonchev–Trinajstić information content (AvgIpc) is 2.47. The van der Waals surface area contributed by atoms with Crippen molar-refractivity contribution in [1.82, 2.24) is 9.88 Å². The van der Waals surface area contributed by atoms with Crippen LogP contribution in [0.3, 0.4) is 0 Å². The zero-order chi connectivity index (χ0) is 16.0. The summed E-state index contributed by atoms with van der Waals surface area (Å²) in [5.41, 5.74) is 0.440. The van der Waals surface area contributed by atoms with Crippen molar-refractivity contribution in [3.8, 4) is 0 Å². The first-order valence-electron chi connectivity index (χ1n) is 7.93. The van der Waals surface area contributed by atoms with E-state index in [1.54, 1.807) is 6.20 Å². The van der Waals surface area contributed by atoms with Crippen LogP contribution in [0.5, 0.6) is 0 Å². The predicted octanol–water partition coefficient (Wildman–Crippen LogP) is 3.39. The summed E-state index contributed by atoms with van der Waals surface area (Å²) in [5, 5.41) is 0. The molecule has 5 heteroatoms. The van der Waals surface area contributed by atoms with Gasteiger partial charge in [0.2, 0.25) is 0 Å². The van der Waals surface area contributed by atoms with E-state index in [1.807, 2.05) is 43.9 Å². The molecule has 1 fully saturated rings. The number of nitrogens with zero attached hydrogens (tertiary/aromatic N) is 2. The number of rotatable bonds is 4. The van der Waals surface area contributed by atoms with Gasteiger partial charge in [-0.1, -0.05) is 6.07 Å². The van der Waals surface area contributed by atoms with Crippen LogP contribution in [0, 0.1) is 0 Å². The van der Waals surface area contributed by atoms with Crippen LogP contribution in [0.25, 0.3) is 0 Å². The van der Waals surface area contributed by atoms with Crippen molar-refractivity contribution in [2.45, 2.75) is 58.3 Å². The molecule has 1 aromatic rings. The third kappa shape index (κ3) is 5.30. The van der Waals surface area contributed by atoms with E-state index in [9.17, 15) is 4.79 Å². The molecule has 0 aromatic carbocycles. The molecule has 5 nitrogen and oxygen atoms in total. The molecule has 0 bridgehead atoms. The molecule has 1 aliphatic heterocycles. The fourth-order valence-electron chi connectivity index (χ4n) is 2.52. The maximum atomic E-state index is 12.3. The van der Waals surface area contributed by atoms with Crippen LogP contribution in [0.4, 0.5) is 4.79 Å². The van der Waals surface area contributed by atoms with Crippen molar-refractivity contribution in [1.29, 1.82) is 0 Å². The third-order valence-electron chi connectivity index (χ3n) is 3.54. The lowest BCUT2D eigenvalue weighted by molar-refractivity contribution is -0.0103. The Hall–Kier alpha value is -1.62. The summed E-state index contributed by atoms with van der Waals surface area (Å²) >= 11 is 0. The van der Waals surface area contributed by atoms with Gasteiger partial charge in [-0.15, -0.1) is 0 Å². The molecule has 1 aromatic heterocycles. The average molecular weight is 306 g/mol. The summed E-state index contributed by atoms with van der Waals surface area (Å²) in [6.07, 6.45) is 4.62. The summed E-state index contributed by atoms with van der Waals surface area (Å²) in [6, 6.07) is 5.85. The molecule has 1 atom stereocenters. The van der Waals surface area contributed by atoms with Crippen LogP contribution in [0.2, 0.25) is 0 Å². The van der Waals surface area contributed by atoms with E-state index < -0.39 is 5.60 Å². The zero-order valence-electron chi connectivity index (χ0n) is 13.7. The Bertz CT molecular complexity index is 471. The number of carbonyl (C=O) groups excluding carboxylic acids is 1. The van der Waals surface area contributed by atoms with Gasteiger partial charge in [0.1, 0.15) is 5.60 Å². The quantitative estimate of drug-likeness (QED) is 0.855. The normalized spacial score (nSPS) is 19.0. The second-order valence-electron chi connectivity index (χ2n) is 6.66. The second kappa shape index (κ2) is 7.58. The van der Waals surface area contributed by atoms with Gasteiger partial charge in [0.15, 0.2) is 0 Å². The van der Waals surface area contributed by atoms with Crippen molar-refractivity contribution in [3.63, 3.8) is 0 Å². The SMILES string of the molecule is CC(C)(C)OC(=O)N1CCCCC1COCc1ccccn1. The molecule has 22 heavy (non-hydrogen) atoms. The number of ether oxygens (including phenoxy) is 2. The van der Waals surface area contributed by atoms with Gasteiger partial charge in [0.25, 0.3) is 0 Å². The van der Waals surface area contributed by atoms with Gasteiger partial charge in [-0.25, -0.2) is 4.79 Å². The third-order valence-corrected chi connectivity index (χ3v) is 3.54. The highest BCUT2D eigenvalue weighted by Crippen LogP contribution is 2.21. The molecule has 2 heterocycles. The van der Waals surface area contributed by atoms with E-state index in [1.165, 1.54) is 0 Å². The van der Waals surface area contributed by atoms with Gasteiger partial charge in [-0.2, -0.15) is 0 Å². The van der Waals surface area contributed by atoms with Crippen LogP contribution in [0.1, 0.15) is 45.7 Å². The van der Waals surface area contributed by atoms with E-state index in [4.69, 9.17) is 9.47 Å². The molecule has 0 spiro atoms. The lowest BCUT2D eigenvalue weighted by Gasteiger charge is -2.36. The van der Waals surface area contributed by atoms with Gasteiger partial charge >= 0.3 is 6.09 Å². The Balaban J connectivity index is 1.85. The first kappa shape index (κ1) is 16.7. The maximum absolute atomic E-state index is 12.3. The lowest BCUT2D eigenvalue weighted by atomic mass is 10.0. The molecule has 0 aliphatic carbocycles. The molecule has 0 N–H and O–H groups in total. The first-order chi connectivity index (χ1) is 10.5. The van der Waals surface area contributed by atoms with Crippen molar-refractivity contribution >= 4 is 6.09 Å². The molecule has 1 unspecified atom stereocenters. The summed E-state index contributed by atoms with van der Waals surface area (Å²) < 4.78 is 11.2. The van der Waals surface area contributed by atoms with Crippen molar-refractivity contribution < 1.29 is 14.3 Å². The minimum Gasteiger partial charge on any atom is -0.444 e. The van der Waals surface area contributed by atoms with Crippen LogP contribution in [-0.2, 0) is 16.1 Å². The van der Waals surface area contributed by atoms with Crippen LogP contribution >= 0.6 is 0 Å². The minimum absolute atomic E-state index is 0.0901. The Morgan fingerprint density at radius 1 is 1.36 bits per heavy atom. The van der Waals surface area contributed by atoms with E-state index in [-0.39, 0.29) is 12.1 Å². The molecule has 0 saturated carbocycles. The molecule has 2 rings (SSSR count). The summed E-state index contributed by atoms with van der Waals surface area (Å²) in [7, 11) is 0. The standard InChI is InChI=1S/C17H26N2O3/c1-17(2,3)22-16(20)19-11-7-5-9-15(19)13-21-12-14-8-4-6-10-18-14/h4,6,8,10,15H,5,7,9,11-13H2,1-3H3. The lowest BCUT2D eigenvalue weighted by Crippen LogP contribution is -2.48. The molecule has 122 valence electrons. The van der Waals surface area contributed by atoms with Gasteiger partial charge in [-0.05, 0) is 52.2 Å². The fraction of sp³-hybridized carbons (Fsp3) is 0.647. The van der Waals surface area contributed by atoms with Crippen LogP contribution in [-0.4, -0.2) is 40.8 Å². The van der Waals surface area contributed by atoms with E-state index >= 15 is 0 Å². The molecular weight excluding hydrogens is 280 g/mol. The summed E-state index contributed by atoms with van der Waals surface area (Å²) in [5.74, 6) is 0. The molecule has 1 amide bonds. The zero-order valence-corrected chi connectivity index (χ0v) is 13.7. The molecule has 1 saturated heterocycles. The van der Waals surface area contributed by atoms with Crippen molar-refractivity contribution in [2.24, 2.45) is 0 Å². The van der Waals surface area contributed by atoms with Gasteiger partial charge < -0.3 is 14.4 Å². The largest absolute Gasteiger partial charge is 0.444 e.